The van der Waals surface area contributed by atoms with Crippen molar-refractivity contribution in [3.05, 3.63) is 63.2 Å². The molecular weight excluding hydrogens is 297 g/mol. The Morgan fingerprint density at radius 3 is 2.50 bits per heavy atom. The minimum absolute atomic E-state index is 0.235. The summed E-state index contributed by atoms with van der Waals surface area (Å²) in [7, 11) is 1.97. The normalized spacial score (nSPS) is 10.7. The average Bonchev–Trinajstić information content (AvgIpc) is 2.46. The number of benzene rings is 1. The van der Waals surface area contributed by atoms with Crippen molar-refractivity contribution < 1.29 is 4.39 Å². The Morgan fingerprint density at radius 2 is 1.91 bits per heavy atom. The predicted molar refractivity (Wildman–Crippen MR) is 87.3 cm³/mol. The van der Waals surface area contributed by atoms with E-state index in [2.05, 4.69) is 11.0 Å². The van der Waals surface area contributed by atoms with Crippen LogP contribution in [0.3, 0.4) is 0 Å². The van der Waals surface area contributed by atoms with Gasteiger partial charge in [0, 0.05) is 12.2 Å². The van der Waals surface area contributed by atoms with Crippen molar-refractivity contribution in [3.8, 4) is 6.07 Å². The molecule has 0 aliphatic carbocycles. The number of rotatable bonds is 4. The van der Waals surface area contributed by atoms with Crippen molar-refractivity contribution in [2.45, 2.75) is 27.1 Å². The summed E-state index contributed by atoms with van der Waals surface area (Å²) >= 11 is 5.43. The number of hydrogen-bond donors (Lipinski definition) is 0. The molecule has 0 radical (unpaired) electrons. The Bertz CT molecular complexity index is 772. The predicted octanol–water partition coefficient (Wildman–Crippen LogP) is 3.93. The highest BCUT2D eigenvalue weighted by Gasteiger charge is 2.09. The second-order valence-electron chi connectivity index (χ2n) is 5.47. The number of hydrogen-bond acceptors (Lipinski definition) is 3. The van der Waals surface area contributed by atoms with Gasteiger partial charge in [-0.25, -0.2) is 4.39 Å². The average molecular weight is 315 g/mol. The maximum Gasteiger partial charge on any atom is 0.125 e. The van der Waals surface area contributed by atoms with E-state index in [1.54, 1.807) is 12.1 Å². The second kappa shape index (κ2) is 6.82. The zero-order valence-corrected chi connectivity index (χ0v) is 13.7. The minimum atomic E-state index is -0.235. The molecule has 0 amide bonds. The fourth-order valence-electron chi connectivity index (χ4n) is 2.43. The van der Waals surface area contributed by atoms with E-state index in [1.807, 2.05) is 31.5 Å². The van der Waals surface area contributed by atoms with Crippen LogP contribution >= 0.6 is 12.2 Å². The summed E-state index contributed by atoms with van der Waals surface area (Å²) in [5, 5.41) is 9.23. The Labute approximate surface area is 135 Å². The van der Waals surface area contributed by atoms with Crippen LogP contribution in [0.4, 0.5) is 4.39 Å². The van der Waals surface area contributed by atoms with Crippen molar-refractivity contribution in [2.24, 2.45) is 0 Å². The highest BCUT2D eigenvalue weighted by atomic mass is 32.1. The molecule has 0 saturated heterocycles. The molecule has 2 aromatic rings. The van der Waals surface area contributed by atoms with Crippen LogP contribution in [-0.2, 0) is 13.2 Å². The monoisotopic (exact) mass is 315 g/mol. The van der Waals surface area contributed by atoms with Gasteiger partial charge in [0.05, 0.1) is 12.2 Å². The Hall–Kier alpha value is -2.03. The zero-order valence-electron chi connectivity index (χ0n) is 12.9. The van der Waals surface area contributed by atoms with Gasteiger partial charge in [-0.05, 0) is 50.2 Å². The largest absolute Gasteiger partial charge is 0.322 e. The topological polar surface area (TPSA) is 32.0 Å². The third-order valence-electron chi connectivity index (χ3n) is 3.56. The Balaban J connectivity index is 2.22. The first-order chi connectivity index (χ1) is 10.4. The van der Waals surface area contributed by atoms with Crippen LogP contribution in [0.25, 0.3) is 0 Å². The lowest BCUT2D eigenvalue weighted by molar-refractivity contribution is 0.255. The summed E-state index contributed by atoms with van der Waals surface area (Å²) < 4.78 is 15.4. The van der Waals surface area contributed by atoms with E-state index in [9.17, 15) is 9.65 Å². The minimum Gasteiger partial charge on any atom is -0.322 e. The van der Waals surface area contributed by atoms with Crippen LogP contribution in [0.2, 0.25) is 0 Å². The highest BCUT2D eigenvalue weighted by molar-refractivity contribution is 7.71. The van der Waals surface area contributed by atoms with Crippen molar-refractivity contribution in [1.82, 2.24) is 9.47 Å². The number of pyridine rings is 1. The van der Waals surface area contributed by atoms with Crippen LogP contribution in [0.15, 0.2) is 30.3 Å². The lowest BCUT2D eigenvalue weighted by atomic mass is 10.1. The van der Waals surface area contributed by atoms with Crippen molar-refractivity contribution in [3.63, 3.8) is 0 Å². The number of aromatic nitrogens is 1. The molecule has 0 unspecified atom stereocenters. The van der Waals surface area contributed by atoms with Crippen molar-refractivity contribution >= 4 is 12.2 Å². The molecule has 1 aromatic carbocycles. The molecule has 0 aliphatic heterocycles. The molecule has 1 aromatic heterocycles. The van der Waals surface area contributed by atoms with Gasteiger partial charge in [0.15, 0.2) is 0 Å². The molecule has 2 rings (SSSR count). The highest BCUT2D eigenvalue weighted by Crippen LogP contribution is 2.14. The van der Waals surface area contributed by atoms with Gasteiger partial charge in [-0.15, -0.1) is 0 Å². The number of nitriles is 1. The molecule has 114 valence electrons. The summed E-state index contributed by atoms with van der Waals surface area (Å²) in [6.07, 6.45) is 0. The fraction of sp³-hybridized carbons (Fsp3) is 0.294. The third-order valence-corrected chi connectivity index (χ3v) is 3.99. The molecule has 0 aliphatic rings. The van der Waals surface area contributed by atoms with Gasteiger partial charge in [-0.1, -0.05) is 24.4 Å². The lowest BCUT2D eigenvalue weighted by Crippen LogP contribution is -2.24. The van der Waals surface area contributed by atoms with Gasteiger partial charge in [0.2, 0.25) is 0 Å². The van der Waals surface area contributed by atoms with Crippen molar-refractivity contribution in [1.29, 1.82) is 5.26 Å². The number of halogens is 1. The molecule has 5 heteroatoms. The summed E-state index contributed by atoms with van der Waals surface area (Å²) in [6, 6.07) is 10.6. The van der Waals surface area contributed by atoms with Crippen LogP contribution in [0, 0.1) is 35.6 Å². The summed E-state index contributed by atoms with van der Waals surface area (Å²) in [4.78, 5) is 2.08. The van der Waals surface area contributed by atoms with Gasteiger partial charge in [0.1, 0.15) is 16.5 Å². The first-order valence-electron chi connectivity index (χ1n) is 6.96. The fourth-order valence-corrected chi connectivity index (χ4v) is 2.84. The van der Waals surface area contributed by atoms with Gasteiger partial charge in [-0.3, -0.25) is 4.90 Å². The standard InChI is InChI=1S/C17H18FN3S/c1-12-8-13(2)21(17(22)16(12)9-19)11-20(3)10-14-4-6-15(18)7-5-14/h4-8H,10-11H2,1-3H3. The SMILES string of the molecule is Cc1cc(C)n(CN(C)Cc2ccc(F)cc2)c(=S)c1C#N. The quantitative estimate of drug-likeness (QED) is 0.801. The molecule has 0 atom stereocenters. The first kappa shape index (κ1) is 16.3. The van der Waals surface area contributed by atoms with E-state index in [4.69, 9.17) is 12.2 Å². The second-order valence-corrected chi connectivity index (χ2v) is 5.86. The summed E-state index contributed by atoms with van der Waals surface area (Å²) in [5.41, 5.74) is 3.51. The molecule has 22 heavy (non-hydrogen) atoms. The molecular formula is C17H18FN3S. The molecule has 1 heterocycles. The van der Waals surface area contributed by atoms with Crippen molar-refractivity contribution in [2.75, 3.05) is 7.05 Å². The molecule has 0 saturated carbocycles. The van der Waals surface area contributed by atoms with Crippen LogP contribution in [0.5, 0.6) is 0 Å². The van der Waals surface area contributed by atoms with E-state index < -0.39 is 0 Å². The molecule has 3 nitrogen and oxygen atoms in total. The molecule has 0 N–H and O–H groups in total. The number of nitrogens with zero attached hydrogens (tertiary/aromatic N) is 3. The van der Waals surface area contributed by atoms with E-state index in [0.29, 0.717) is 23.4 Å². The van der Waals surface area contributed by atoms with E-state index in [-0.39, 0.29) is 5.82 Å². The van der Waals surface area contributed by atoms with E-state index in [1.165, 1.54) is 12.1 Å². The smallest absolute Gasteiger partial charge is 0.125 e. The first-order valence-corrected chi connectivity index (χ1v) is 7.37. The van der Waals surface area contributed by atoms with Gasteiger partial charge in [0.25, 0.3) is 0 Å². The third kappa shape index (κ3) is 3.59. The Kier molecular flexibility index (Phi) is 5.07. The van der Waals surface area contributed by atoms with Crippen LogP contribution in [-0.4, -0.2) is 16.5 Å². The van der Waals surface area contributed by atoms with E-state index >= 15 is 0 Å². The summed E-state index contributed by atoms with van der Waals surface area (Å²) in [6.45, 7) is 5.14. The number of aryl methyl sites for hydroxylation is 2. The maximum atomic E-state index is 12.9. The zero-order chi connectivity index (χ0) is 16.3. The van der Waals surface area contributed by atoms with Gasteiger partial charge in [-0.2, -0.15) is 5.26 Å². The van der Waals surface area contributed by atoms with E-state index in [0.717, 1.165) is 16.8 Å². The summed E-state index contributed by atoms with van der Waals surface area (Å²) in [5.74, 6) is -0.235. The van der Waals surface area contributed by atoms with Crippen LogP contribution in [0.1, 0.15) is 22.4 Å². The molecule has 0 bridgehead atoms. The van der Waals surface area contributed by atoms with Gasteiger partial charge >= 0.3 is 0 Å². The lowest BCUT2D eigenvalue weighted by Gasteiger charge is -2.21. The molecule has 0 fully saturated rings. The van der Waals surface area contributed by atoms with Gasteiger partial charge < -0.3 is 4.57 Å². The Morgan fingerprint density at radius 1 is 1.27 bits per heavy atom. The van der Waals surface area contributed by atoms with Crippen LogP contribution < -0.4 is 0 Å². The maximum absolute atomic E-state index is 12.9. The molecule has 0 spiro atoms.